The molecule has 4 aromatic rings. The van der Waals surface area contributed by atoms with Gasteiger partial charge in [0, 0.05) is 42.4 Å². The normalized spacial score (nSPS) is 11.3. The zero-order chi connectivity index (χ0) is 19.8. The van der Waals surface area contributed by atoms with Gasteiger partial charge in [-0.3, -0.25) is 4.79 Å². The lowest BCUT2D eigenvalue weighted by atomic mass is 10.1. The summed E-state index contributed by atoms with van der Waals surface area (Å²) < 4.78 is 3.78. The minimum absolute atomic E-state index is 0.164. The summed E-state index contributed by atoms with van der Waals surface area (Å²) >= 11 is 0. The SMILES string of the molecule is Cc1cc(C(=O)Nc2cccc(-c3nccn3C)c2)c2cnn(C(C)C)c2n1. The first-order valence-electron chi connectivity index (χ1n) is 9.18. The number of hydrogen-bond donors (Lipinski definition) is 1. The first-order valence-corrected chi connectivity index (χ1v) is 9.18. The number of nitrogens with zero attached hydrogens (tertiary/aromatic N) is 5. The third-order valence-electron chi connectivity index (χ3n) is 4.63. The van der Waals surface area contributed by atoms with Crippen LogP contribution < -0.4 is 5.32 Å². The number of pyridine rings is 1. The van der Waals surface area contributed by atoms with Crippen molar-refractivity contribution in [2.75, 3.05) is 5.32 Å². The van der Waals surface area contributed by atoms with Gasteiger partial charge in [-0.15, -0.1) is 0 Å². The molecule has 1 amide bonds. The fourth-order valence-electron chi connectivity index (χ4n) is 3.29. The number of anilines is 1. The van der Waals surface area contributed by atoms with Gasteiger partial charge in [0.1, 0.15) is 5.82 Å². The van der Waals surface area contributed by atoms with E-state index in [0.29, 0.717) is 11.3 Å². The molecule has 1 N–H and O–H groups in total. The van der Waals surface area contributed by atoms with Crippen molar-refractivity contribution in [3.63, 3.8) is 0 Å². The summed E-state index contributed by atoms with van der Waals surface area (Å²) in [4.78, 5) is 22.0. The van der Waals surface area contributed by atoms with Gasteiger partial charge in [-0.25, -0.2) is 14.6 Å². The zero-order valence-electron chi connectivity index (χ0n) is 16.3. The number of benzene rings is 1. The Balaban J connectivity index is 1.69. The lowest BCUT2D eigenvalue weighted by Crippen LogP contribution is -2.13. The second kappa shape index (κ2) is 6.92. The number of amides is 1. The molecule has 0 aliphatic rings. The van der Waals surface area contributed by atoms with E-state index in [1.165, 1.54) is 0 Å². The summed E-state index contributed by atoms with van der Waals surface area (Å²) in [6.07, 6.45) is 5.36. The molecule has 0 atom stereocenters. The summed E-state index contributed by atoms with van der Waals surface area (Å²) in [6, 6.07) is 9.63. The molecular weight excluding hydrogens is 352 g/mol. The van der Waals surface area contributed by atoms with Crippen molar-refractivity contribution >= 4 is 22.6 Å². The van der Waals surface area contributed by atoms with E-state index in [-0.39, 0.29) is 11.9 Å². The minimum Gasteiger partial charge on any atom is -0.334 e. The molecule has 0 fully saturated rings. The van der Waals surface area contributed by atoms with Gasteiger partial charge in [-0.1, -0.05) is 12.1 Å². The summed E-state index contributed by atoms with van der Waals surface area (Å²) in [6.45, 7) is 5.97. The van der Waals surface area contributed by atoms with E-state index in [1.54, 1.807) is 18.5 Å². The number of hydrogen-bond acceptors (Lipinski definition) is 4. The number of aryl methyl sites for hydroxylation is 2. The molecule has 0 spiro atoms. The third-order valence-corrected chi connectivity index (χ3v) is 4.63. The maximum Gasteiger partial charge on any atom is 0.256 e. The fourth-order valence-corrected chi connectivity index (χ4v) is 3.29. The summed E-state index contributed by atoms with van der Waals surface area (Å²) in [5, 5.41) is 8.15. The van der Waals surface area contributed by atoms with E-state index in [0.717, 1.165) is 28.1 Å². The van der Waals surface area contributed by atoms with Crippen molar-refractivity contribution in [2.45, 2.75) is 26.8 Å². The standard InChI is InChI=1S/C21H22N6O/c1-13(2)27-20-18(12-23-27)17(10-14(3)24-20)21(28)25-16-7-5-6-15(11-16)19-22-8-9-26(19)4/h5-13H,1-4H3,(H,25,28). The Kier molecular flexibility index (Phi) is 4.43. The van der Waals surface area contributed by atoms with Crippen molar-refractivity contribution < 1.29 is 4.79 Å². The number of imidazole rings is 1. The molecule has 3 aromatic heterocycles. The Morgan fingerprint density at radius 1 is 1.21 bits per heavy atom. The topological polar surface area (TPSA) is 77.6 Å². The van der Waals surface area contributed by atoms with E-state index in [9.17, 15) is 4.79 Å². The van der Waals surface area contributed by atoms with Crippen LogP contribution in [0, 0.1) is 6.92 Å². The van der Waals surface area contributed by atoms with Gasteiger partial charge in [-0.05, 0) is 39.0 Å². The van der Waals surface area contributed by atoms with E-state index in [1.807, 2.05) is 67.5 Å². The highest BCUT2D eigenvalue weighted by Gasteiger charge is 2.17. The van der Waals surface area contributed by atoms with Gasteiger partial charge in [0.05, 0.1) is 17.1 Å². The average molecular weight is 374 g/mol. The molecule has 7 nitrogen and oxygen atoms in total. The molecule has 0 radical (unpaired) electrons. The van der Waals surface area contributed by atoms with Crippen LogP contribution in [0.5, 0.6) is 0 Å². The van der Waals surface area contributed by atoms with Gasteiger partial charge in [-0.2, -0.15) is 5.10 Å². The molecule has 0 saturated heterocycles. The van der Waals surface area contributed by atoms with Crippen molar-refractivity contribution in [3.05, 3.63) is 60.2 Å². The predicted molar refractivity (Wildman–Crippen MR) is 109 cm³/mol. The molecule has 0 aliphatic carbocycles. The molecule has 4 rings (SSSR count). The number of aromatic nitrogens is 5. The Morgan fingerprint density at radius 3 is 2.75 bits per heavy atom. The van der Waals surface area contributed by atoms with Gasteiger partial charge in [0.25, 0.3) is 5.91 Å². The van der Waals surface area contributed by atoms with Gasteiger partial charge in [0.2, 0.25) is 0 Å². The largest absolute Gasteiger partial charge is 0.334 e. The van der Waals surface area contributed by atoms with Crippen molar-refractivity contribution in [1.29, 1.82) is 0 Å². The second-order valence-corrected chi connectivity index (χ2v) is 7.13. The Bertz CT molecular complexity index is 1170. The number of nitrogens with one attached hydrogen (secondary N) is 1. The number of carbonyl (C=O) groups is 1. The Hall–Kier alpha value is -3.48. The molecule has 0 bridgehead atoms. The number of carbonyl (C=O) groups excluding carboxylic acids is 1. The third kappa shape index (κ3) is 3.15. The summed E-state index contributed by atoms with van der Waals surface area (Å²) in [5.74, 6) is 0.659. The monoisotopic (exact) mass is 374 g/mol. The highest BCUT2D eigenvalue weighted by Crippen LogP contribution is 2.24. The van der Waals surface area contributed by atoms with Crippen LogP contribution in [0.15, 0.2) is 48.9 Å². The fraction of sp³-hybridized carbons (Fsp3) is 0.238. The number of rotatable bonds is 4. The smallest absolute Gasteiger partial charge is 0.256 e. The van der Waals surface area contributed by atoms with Crippen LogP contribution >= 0.6 is 0 Å². The molecule has 0 aliphatic heterocycles. The molecule has 1 aromatic carbocycles. The number of fused-ring (bicyclic) bond motifs is 1. The first kappa shape index (κ1) is 17.9. The lowest BCUT2D eigenvalue weighted by Gasteiger charge is -2.10. The summed E-state index contributed by atoms with van der Waals surface area (Å²) in [5.41, 5.74) is 3.72. The summed E-state index contributed by atoms with van der Waals surface area (Å²) in [7, 11) is 1.94. The highest BCUT2D eigenvalue weighted by atomic mass is 16.1. The predicted octanol–water partition coefficient (Wildman–Crippen LogP) is 3.97. The quantitative estimate of drug-likeness (QED) is 0.586. The van der Waals surface area contributed by atoms with E-state index in [2.05, 4.69) is 20.4 Å². The molecule has 3 heterocycles. The molecular formula is C21H22N6O. The van der Waals surface area contributed by atoms with Crippen LogP contribution in [0.3, 0.4) is 0 Å². The Morgan fingerprint density at radius 2 is 2.04 bits per heavy atom. The van der Waals surface area contributed by atoms with Crippen LogP contribution in [0.4, 0.5) is 5.69 Å². The van der Waals surface area contributed by atoms with Crippen LogP contribution in [0.25, 0.3) is 22.4 Å². The van der Waals surface area contributed by atoms with Crippen molar-refractivity contribution in [2.24, 2.45) is 7.05 Å². The van der Waals surface area contributed by atoms with E-state index >= 15 is 0 Å². The van der Waals surface area contributed by atoms with Gasteiger partial charge >= 0.3 is 0 Å². The highest BCUT2D eigenvalue weighted by molar-refractivity contribution is 6.12. The average Bonchev–Trinajstić information content (AvgIpc) is 3.27. The van der Waals surface area contributed by atoms with Crippen molar-refractivity contribution in [1.82, 2.24) is 24.3 Å². The van der Waals surface area contributed by atoms with Crippen molar-refractivity contribution in [3.8, 4) is 11.4 Å². The van der Waals surface area contributed by atoms with Crippen LogP contribution in [0.1, 0.15) is 35.9 Å². The second-order valence-electron chi connectivity index (χ2n) is 7.13. The zero-order valence-corrected chi connectivity index (χ0v) is 16.3. The maximum absolute atomic E-state index is 13.0. The van der Waals surface area contributed by atoms with Gasteiger partial charge in [0.15, 0.2) is 5.65 Å². The minimum atomic E-state index is -0.184. The molecule has 7 heteroatoms. The molecule has 28 heavy (non-hydrogen) atoms. The molecule has 0 saturated carbocycles. The van der Waals surface area contributed by atoms with Crippen LogP contribution in [-0.2, 0) is 7.05 Å². The van der Waals surface area contributed by atoms with Crippen LogP contribution in [-0.4, -0.2) is 30.2 Å². The molecule has 142 valence electrons. The Labute approximate surface area is 163 Å². The first-order chi connectivity index (χ1) is 13.4. The van der Waals surface area contributed by atoms with E-state index < -0.39 is 0 Å². The van der Waals surface area contributed by atoms with Gasteiger partial charge < -0.3 is 9.88 Å². The van der Waals surface area contributed by atoms with E-state index in [4.69, 9.17) is 0 Å². The molecule has 0 unspecified atom stereocenters. The van der Waals surface area contributed by atoms with Crippen LogP contribution in [0.2, 0.25) is 0 Å². The lowest BCUT2D eigenvalue weighted by molar-refractivity contribution is 0.102. The maximum atomic E-state index is 13.0.